The number of primary amides is 1. The van der Waals surface area contributed by atoms with Crippen molar-refractivity contribution in [3.63, 3.8) is 0 Å². The third kappa shape index (κ3) is 2.77. The summed E-state index contributed by atoms with van der Waals surface area (Å²) in [5.74, 6) is -2.41. The molecule has 74 valence electrons. The van der Waals surface area contributed by atoms with Gasteiger partial charge in [-0.25, -0.2) is 0 Å². The topological polar surface area (TPSA) is 87.2 Å². The number of hydrogen-bond acceptors (Lipinski definition) is 3. The number of aliphatic hydroxyl groups excluding tert-OH is 1. The second kappa shape index (κ2) is 3.46. The molecule has 0 heterocycles. The van der Waals surface area contributed by atoms with Crippen LogP contribution in [0.3, 0.4) is 0 Å². The van der Waals surface area contributed by atoms with E-state index in [9.17, 15) is 18.0 Å². The third-order valence-electron chi connectivity index (χ3n) is 1.14. The monoisotopic (exact) mass is 196 g/mol. The Balaban J connectivity index is 5.16. The molecule has 0 aliphatic rings. The highest BCUT2D eigenvalue weighted by Crippen LogP contribution is 2.22. The van der Waals surface area contributed by atoms with Crippen LogP contribution in [0, 0.1) is 5.41 Å². The van der Waals surface area contributed by atoms with Crippen LogP contribution in [-0.2, 0) is 4.79 Å². The molecular weight excluding hydrogens is 189 g/mol. The number of nitrogens with two attached hydrogens (primary N) is 1. The number of amides is 1. The summed E-state index contributed by atoms with van der Waals surface area (Å²) in [5.41, 5.74) is 1.38. The number of alkyl halides is 3. The minimum Gasteiger partial charge on any atom is -0.512 e. The SMILES string of the molecule is CC(O)=C(C(=N)C(F)(F)F)C(N)=O. The minimum atomic E-state index is -4.99. The van der Waals surface area contributed by atoms with E-state index in [0.717, 1.165) is 6.92 Å². The van der Waals surface area contributed by atoms with Crippen LogP contribution in [0.1, 0.15) is 6.92 Å². The van der Waals surface area contributed by atoms with Crippen molar-refractivity contribution in [2.24, 2.45) is 5.73 Å². The van der Waals surface area contributed by atoms with Crippen LogP contribution in [0.5, 0.6) is 0 Å². The quantitative estimate of drug-likeness (QED) is 0.348. The molecule has 0 atom stereocenters. The fourth-order valence-corrected chi connectivity index (χ4v) is 0.624. The summed E-state index contributed by atoms with van der Waals surface area (Å²) in [5, 5.41) is 15.2. The first-order valence-corrected chi connectivity index (χ1v) is 3.03. The highest BCUT2D eigenvalue weighted by atomic mass is 19.4. The molecule has 0 bridgehead atoms. The number of carbonyl (C=O) groups excluding carboxylic acids is 1. The van der Waals surface area contributed by atoms with E-state index >= 15 is 0 Å². The van der Waals surface area contributed by atoms with Gasteiger partial charge in [-0.3, -0.25) is 10.2 Å². The second-order valence-electron chi connectivity index (χ2n) is 2.20. The molecule has 0 saturated carbocycles. The molecule has 1 amide bonds. The van der Waals surface area contributed by atoms with Gasteiger partial charge in [-0.1, -0.05) is 0 Å². The standard InChI is InChI=1S/C6H7F3N2O2/c1-2(12)3(5(11)13)4(10)6(7,8)9/h10,12H,1H3,(H2,11,13). The van der Waals surface area contributed by atoms with E-state index in [2.05, 4.69) is 5.73 Å². The summed E-state index contributed by atoms with van der Waals surface area (Å²) in [7, 11) is 0. The van der Waals surface area contributed by atoms with Crippen molar-refractivity contribution in [2.45, 2.75) is 13.1 Å². The van der Waals surface area contributed by atoms with Crippen molar-refractivity contribution >= 4 is 11.6 Å². The summed E-state index contributed by atoms with van der Waals surface area (Å²) < 4.78 is 35.5. The van der Waals surface area contributed by atoms with Gasteiger partial charge in [-0.15, -0.1) is 0 Å². The number of halogens is 3. The predicted molar refractivity (Wildman–Crippen MR) is 38.3 cm³/mol. The van der Waals surface area contributed by atoms with Crippen molar-refractivity contribution in [1.29, 1.82) is 5.41 Å². The minimum absolute atomic E-state index is 0.848. The fraction of sp³-hybridized carbons (Fsp3) is 0.333. The van der Waals surface area contributed by atoms with Gasteiger partial charge >= 0.3 is 6.18 Å². The first kappa shape index (κ1) is 11.5. The molecule has 7 heteroatoms. The smallest absolute Gasteiger partial charge is 0.433 e. The molecule has 0 rings (SSSR count). The molecular formula is C6H7F3N2O2. The van der Waals surface area contributed by atoms with Crippen molar-refractivity contribution in [3.05, 3.63) is 11.3 Å². The van der Waals surface area contributed by atoms with Crippen molar-refractivity contribution in [1.82, 2.24) is 0 Å². The second-order valence-corrected chi connectivity index (χ2v) is 2.20. The van der Waals surface area contributed by atoms with Crippen LogP contribution in [0.2, 0.25) is 0 Å². The van der Waals surface area contributed by atoms with Crippen LogP contribution in [0.4, 0.5) is 13.2 Å². The van der Waals surface area contributed by atoms with Gasteiger partial charge in [0.15, 0.2) is 5.71 Å². The van der Waals surface area contributed by atoms with Crippen LogP contribution in [0.25, 0.3) is 0 Å². The van der Waals surface area contributed by atoms with Gasteiger partial charge in [0.25, 0.3) is 5.91 Å². The lowest BCUT2D eigenvalue weighted by Gasteiger charge is -2.09. The van der Waals surface area contributed by atoms with Crippen molar-refractivity contribution in [3.8, 4) is 0 Å². The van der Waals surface area contributed by atoms with E-state index in [4.69, 9.17) is 10.5 Å². The first-order chi connectivity index (χ1) is 5.68. The number of hydrogen-bond donors (Lipinski definition) is 3. The summed E-state index contributed by atoms with van der Waals surface area (Å²) in [6.45, 7) is 0.848. The Morgan fingerprint density at radius 2 is 1.85 bits per heavy atom. The zero-order valence-electron chi connectivity index (χ0n) is 6.57. The zero-order valence-corrected chi connectivity index (χ0v) is 6.57. The lowest BCUT2D eigenvalue weighted by Crippen LogP contribution is -2.31. The highest BCUT2D eigenvalue weighted by molar-refractivity contribution is 6.22. The Kier molecular flexibility index (Phi) is 3.05. The molecule has 0 fully saturated rings. The maximum atomic E-state index is 11.8. The van der Waals surface area contributed by atoms with Gasteiger partial charge in [0.2, 0.25) is 0 Å². The molecule has 0 aliphatic carbocycles. The number of allylic oxidation sites excluding steroid dienone is 1. The summed E-state index contributed by atoms with van der Waals surface area (Å²) >= 11 is 0. The van der Waals surface area contributed by atoms with Crippen LogP contribution >= 0.6 is 0 Å². The van der Waals surface area contributed by atoms with E-state index in [1.54, 1.807) is 0 Å². The summed E-state index contributed by atoms with van der Waals surface area (Å²) in [6, 6.07) is 0. The third-order valence-corrected chi connectivity index (χ3v) is 1.14. The van der Waals surface area contributed by atoms with Crippen LogP contribution < -0.4 is 5.73 Å². The normalized spacial score (nSPS) is 13.5. The maximum absolute atomic E-state index is 11.8. The number of aliphatic hydroxyl groups is 1. The molecule has 0 spiro atoms. The van der Waals surface area contributed by atoms with Crippen molar-refractivity contribution < 1.29 is 23.1 Å². The molecule has 13 heavy (non-hydrogen) atoms. The number of nitrogens with one attached hydrogen (secondary N) is 1. The Morgan fingerprint density at radius 1 is 1.46 bits per heavy atom. The zero-order chi connectivity index (χ0) is 10.8. The maximum Gasteiger partial charge on any atom is 0.433 e. The largest absolute Gasteiger partial charge is 0.512 e. The Morgan fingerprint density at radius 3 is 1.92 bits per heavy atom. The van der Waals surface area contributed by atoms with Crippen molar-refractivity contribution in [2.75, 3.05) is 0 Å². The Bertz CT molecular complexity index is 276. The first-order valence-electron chi connectivity index (χ1n) is 3.03. The average molecular weight is 196 g/mol. The number of carbonyl (C=O) groups is 1. The van der Waals surface area contributed by atoms with Crippen LogP contribution in [0.15, 0.2) is 11.3 Å². The molecule has 0 saturated heterocycles. The molecule has 4 N–H and O–H groups in total. The average Bonchev–Trinajstić information content (AvgIpc) is 1.82. The predicted octanol–water partition coefficient (Wildman–Crippen LogP) is 0.886. The van der Waals surface area contributed by atoms with Gasteiger partial charge in [0.05, 0.1) is 0 Å². The van der Waals surface area contributed by atoms with E-state index in [0.29, 0.717) is 0 Å². The Hall–Kier alpha value is -1.53. The Labute approximate surface area is 71.4 Å². The van der Waals surface area contributed by atoms with Gasteiger partial charge < -0.3 is 10.8 Å². The lowest BCUT2D eigenvalue weighted by atomic mass is 10.1. The van der Waals surface area contributed by atoms with Crippen LogP contribution in [-0.4, -0.2) is 22.9 Å². The van der Waals surface area contributed by atoms with E-state index in [1.807, 2.05) is 0 Å². The number of rotatable bonds is 2. The van der Waals surface area contributed by atoms with Gasteiger partial charge in [0.1, 0.15) is 11.3 Å². The van der Waals surface area contributed by atoms with E-state index < -0.39 is 29.1 Å². The summed E-state index contributed by atoms with van der Waals surface area (Å²) in [4.78, 5) is 10.4. The molecule has 0 radical (unpaired) electrons. The summed E-state index contributed by atoms with van der Waals surface area (Å²) in [6.07, 6.45) is -4.99. The van der Waals surface area contributed by atoms with Gasteiger partial charge in [-0.2, -0.15) is 13.2 Å². The van der Waals surface area contributed by atoms with E-state index in [1.165, 1.54) is 0 Å². The van der Waals surface area contributed by atoms with Gasteiger partial charge in [0, 0.05) is 0 Å². The highest BCUT2D eigenvalue weighted by Gasteiger charge is 2.39. The molecule has 0 aromatic heterocycles. The lowest BCUT2D eigenvalue weighted by molar-refractivity contribution is -0.115. The molecule has 4 nitrogen and oxygen atoms in total. The molecule has 0 aromatic rings. The molecule has 0 aromatic carbocycles. The molecule has 0 unspecified atom stereocenters. The fourth-order valence-electron chi connectivity index (χ4n) is 0.624. The van der Waals surface area contributed by atoms with Gasteiger partial charge in [-0.05, 0) is 6.92 Å². The van der Waals surface area contributed by atoms with E-state index in [-0.39, 0.29) is 0 Å². The molecule has 0 aliphatic heterocycles.